The second-order valence-electron chi connectivity index (χ2n) is 5.50. The van der Waals surface area contributed by atoms with Crippen LogP contribution in [0.2, 0.25) is 0 Å². The second kappa shape index (κ2) is 5.55. The first-order valence-electron chi connectivity index (χ1n) is 6.43. The molecule has 1 aromatic carbocycles. The molecule has 0 aliphatic carbocycles. The van der Waals surface area contributed by atoms with Gasteiger partial charge in [-0.15, -0.1) is 0 Å². The van der Waals surface area contributed by atoms with Crippen molar-refractivity contribution >= 4 is 5.91 Å². The highest BCUT2D eigenvalue weighted by molar-refractivity contribution is 5.78. The molecule has 1 amide bonds. The summed E-state index contributed by atoms with van der Waals surface area (Å²) >= 11 is 0. The first-order chi connectivity index (χ1) is 9.75. The highest BCUT2D eigenvalue weighted by Gasteiger charge is 2.41. The summed E-state index contributed by atoms with van der Waals surface area (Å²) in [6, 6.07) is 4.78. The number of benzene rings is 1. The highest BCUT2D eigenvalue weighted by Crippen LogP contribution is 2.36. The molecule has 21 heavy (non-hydrogen) atoms. The zero-order valence-corrected chi connectivity index (χ0v) is 11.5. The van der Waals surface area contributed by atoms with Crippen molar-refractivity contribution in [2.75, 3.05) is 26.3 Å². The first-order valence-corrected chi connectivity index (χ1v) is 6.43. The number of nitrogens with zero attached hydrogens (tertiary/aromatic N) is 1. The molecule has 1 N–H and O–H groups in total. The standard InChI is InChI=1S/C14H16F3NO3/c1-13(9-19)7-18(8-13)12(20)6-21-11-5-3-2-4-10(11)14(15,16)17/h2-5,19H,6-9H2,1H3. The average Bonchev–Trinajstić information content (AvgIpc) is 2.40. The Hall–Kier alpha value is -1.76. The Balaban J connectivity index is 1.94. The molecule has 7 heteroatoms. The lowest BCUT2D eigenvalue weighted by Crippen LogP contribution is -2.59. The van der Waals surface area contributed by atoms with Crippen LogP contribution in [0.3, 0.4) is 0 Å². The topological polar surface area (TPSA) is 49.8 Å². The van der Waals surface area contributed by atoms with Crippen LogP contribution in [-0.2, 0) is 11.0 Å². The lowest BCUT2D eigenvalue weighted by atomic mass is 9.83. The van der Waals surface area contributed by atoms with Crippen LogP contribution in [0.15, 0.2) is 24.3 Å². The molecular formula is C14H16F3NO3. The minimum Gasteiger partial charge on any atom is -0.483 e. The van der Waals surface area contributed by atoms with Crippen molar-refractivity contribution < 1.29 is 27.8 Å². The van der Waals surface area contributed by atoms with Crippen LogP contribution >= 0.6 is 0 Å². The first kappa shape index (κ1) is 15.6. The van der Waals surface area contributed by atoms with E-state index in [2.05, 4.69) is 0 Å². The highest BCUT2D eigenvalue weighted by atomic mass is 19.4. The molecule has 4 nitrogen and oxygen atoms in total. The maximum absolute atomic E-state index is 12.8. The van der Waals surface area contributed by atoms with Crippen molar-refractivity contribution in [3.8, 4) is 5.75 Å². The number of alkyl halides is 3. The lowest BCUT2D eigenvalue weighted by Gasteiger charge is -2.46. The fourth-order valence-corrected chi connectivity index (χ4v) is 2.21. The molecule has 1 aliphatic heterocycles. The van der Waals surface area contributed by atoms with Gasteiger partial charge in [0, 0.05) is 18.5 Å². The van der Waals surface area contributed by atoms with E-state index in [-0.39, 0.29) is 17.8 Å². The number of rotatable bonds is 4. The number of aliphatic hydroxyl groups is 1. The van der Waals surface area contributed by atoms with Gasteiger partial charge in [0.1, 0.15) is 5.75 Å². The summed E-state index contributed by atoms with van der Waals surface area (Å²) in [5.41, 5.74) is -1.22. The molecule has 0 unspecified atom stereocenters. The Bertz CT molecular complexity index is 524. The Morgan fingerprint density at radius 3 is 2.57 bits per heavy atom. The van der Waals surface area contributed by atoms with Gasteiger partial charge in [-0.1, -0.05) is 19.1 Å². The summed E-state index contributed by atoms with van der Waals surface area (Å²) in [6.07, 6.45) is -4.52. The van der Waals surface area contributed by atoms with Crippen molar-refractivity contribution in [1.82, 2.24) is 4.90 Å². The zero-order chi connectivity index (χ0) is 15.7. The van der Waals surface area contributed by atoms with Crippen LogP contribution in [0, 0.1) is 5.41 Å². The van der Waals surface area contributed by atoms with Gasteiger partial charge in [-0.3, -0.25) is 4.79 Å². The van der Waals surface area contributed by atoms with E-state index in [4.69, 9.17) is 9.84 Å². The number of para-hydroxylation sites is 1. The molecule has 0 atom stereocenters. The maximum atomic E-state index is 12.8. The fourth-order valence-electron chi connectivity index (χ4n) is 2.21. The Kier molecular flexibility index (Phi) is 4.13. The third-order valence-electron chi connectivity index (χ3n) is 3.42. The van der Waals surface area contributed by atoms with Crippen LogP contribution in [0.5, 0.6) is 5.75 Å². The van der Waals surface area contributed by atoms with E-state index >= 15 is 0 Å². The molecule has 2 rings (SSSR count). The quantitative estimate of drug-likeness (QED) is 0.924. The summed E-state index contributed by atoms with van der Waals surface area (Å²) in [5.74, 6) is -0.748. The van der Waals surface area contributed by atoms with Crippen LogP contribution < -0.4 is 4.74 Å². The summed E-state index contributed by atoms with van der Waals surface area (Å²) in [4.78, 5) is 13.3. The number of amides is 1. The third kappa shape index (κ3) is 3.47. The fraction of sp³-hybridized carbons (Fsp3) is 0.500. The van der Waals surface area contributed by atoms with Crippen molar-refractivity contribution in [2.24, 2.45) is 5.41 Å². The average molecular weight is 303 g/mol. The number of hydrogen-bond donors (Lipinski definition) is 1. The van der Waals surface area contributed by atoms with Crippen LogP contribution in [0.25, 0.3) is 0 Å². The number of ether oxygens (including phenoxy) is 1. The number of carbonyl (C=O) groups excluding carboxylic acids is 1. The summed E-state index contributed by atoms with van der Waals surface area (Å²) < 4.78 is 43.3. The third-order valence-corrected chi connectivity index (χ3v) is 3.42. The van der Waals surface area contributed by atoms with Gasteiger partial charge >= 0.3 is 6.18 Å². The summed E-state index contributed by atoms with van der Waals surface area (Å²) in [7, 11) is 0. The van der Waals surface area contributed by atoms with E-state index in [0.29, 0.717) is 13.1 Å². The molecule has 1 heterocycles. The molecule has 1 fully saturated rings. The molecule has 1 saturated heterocycles. The van der Waals surface area contributed by atoms with Crippen molar-refractivity contribution in [3.05, 3.63) is 29.8 Å². The predicted molar refractivity (Wildman–Crippen MR) is 68.7 cm³/mol. The van der Waals surface area contributed by atoms with Crippen molar-refractivity contribution in [1.29, 1.82) is 0 Å². The monoisotopic (exact) mass is 303 g/mol. The lowest BCUT2D eigenvalue weighted by molar-refractivity contribution is -0.148. The van der Waals surface area contributed by atoms with E-state index in [1.807, 2.05) is 6.92 Å². The maximum Gasteiger partial charge on any atom is 0.419 e. The van der Waals surface area contributed by atoms with Gasteiger partial charge in [0.25, 0.3) is 5.91 Å². The number of aliphatic hydroxyl groups excluding tert-OH is 1. The van der Waals surface area contributed by atoms with Crippen LogP contribution in [-0.4, -0.2) is 42.2 Å². The van der Waals surface area contributed by atoms with Gasteiger partial charge < -0.3 is 14.7 Å². The molecular weight excluding hydrogens is 287 g/mol. The molecule has 0 radical (unpaired) electrons. The Morgan fingerprint density at radius 2 is 2.00 bits per heavy atom. The molecule has 1 aliphatic rings. The number of likely N-dealkylation sites (tertiary alicyclic amines) is 1. The Labute approximate surface area is 120 Å². The van der Waals surface area contributed by atoms with E-state index < -0.39 is 24.3 Å². The van der Waals surface area contributed by atoms with Gasteiger partial charge in [0.05, 0.1) is 12.2 Å². The van der Waals surface area contributed by atoms with Crippen molar-refractivity contribution in [2.45, 2.75) is 13.1 Å². The van der Waals surface area contributed by atoms with E-state index in [1.54, 1.807) is 0 Å². The smallest absolute Gasteiger partial charge is 0.419 e. The largest absolute Gasteiger partial charge is 0.483 e. The van der Waals surface area contributed by atoms with Crippen LogP contribution in [0.1, 0.15) is 12.5 Å². The molecule has 0 spiro atoms. The predicted octanol–water partition coefficient (Wildman–Crippen LogP) is 1.92. The normalized spacial score (nSPS) is 17.3. The number of carbonyl (C=O) groups is 1. The van der Waals surface area contributed by atoms with E-state index in [0.717, 1.165) is 6.07 Å². The number of hydrogen-bond acceptors (Lipinski definition) is 3. The zero-order valence-electron chi connectivity index (χ0n) is 11.5. The van der Waals surface area contributed by atoms with Gasteiger partial charge in [0.2, 0.25) is 0 Å². The van der Waals surface area contributed by atoms with Crippen LogP contribution in [0.4, 0.5) is 13.2 Å². The second-order valence-corrected chi connectivity index (χ2v) is 5.50. The summed E-state index contributed by atoms with van der Waals surface area (Å²) in [6.45, 7) is 2.11. The summed E-state index contributed by atoms with van der Waals surface area (Å²) in [5, 5.41) is 9.08. The minimum atomic E-state index is -4.52. The SMILES string of the molecule is CC1(CO)CN(C(=O)COc2ccccc2C(F)(F)F)C1. The Morgan fingerprint density at radius 1 is 1.38 bits per heavy atom. The minimum absolute atomic E-state index is 0.0332. The molecule has 0 bridgehead atoms. The van der Waals surface area contributed by atoms with Gasteiger partial charge in [-0.25, -0.2) is 0 Å². The molecule has 1 aromatic rings. The van der Waals surface area contributed by atoms with Crippen molar-refractivity contribution in [3.63, 3.8) is 0 Å². The number of halogens is 3. The van der Waals surface area contributed by atoms with Gasteiger partial charge in [-0.05, 0) is 12.1 Å². The molecule has 116 valence electrons. The van der Waals surface area contributed by atoms with Gasteiger partial charge in [-0.2, -0.15) is 13.2 Å². The van der Waals surface area contributed by atoms with Gasteiger partial charge in [0.15, 0.2) is 6.61 Å². The molecule has 0 saturated carbocycles. The van der Waals surface area contributed by atoms with E-state index in [1.165, 1.54) is 23.1 Å². The van der Waals surface area contributed by atoms with E-state index in [9.17, 15) is 18.0 Å². The molecule has 0 aromatic heterocycles.